The molecule has 5 rings (SSSR count). The van der Waals surface area contributed by atoms with E-state index >= 15 is 0 Å². The van der Waals surface area contributed by atoms with Gasteiger partial charge in [-0.05, 0) is 61.9 Å². The summed E-state index contributed by atoms with van der Waals surface area (Å²) >= 11 is 0. The Bertz CT molecular complexity index is 754. The highest BCUT2D eigenvalue weighted by Gasteiger charge is 2.42. The van der Waals surface area contributed by atoms with Gasteiger partial charge in [0.25, 0.3) is 0 Å². The summed E-state index contributed by atoms with van der Waals surface area (Å²) in [4.78, 5) is 0. The molecule has 3 atom stereocenters. The molecule has 3 heteroatoms. The quantitative estimate of drug-likeness (QED) is 0.745. The van der Waals surface area contributed by atoms with Gasteiger partial charge in [-0.3, -0.25) is 0 Å². The van der Waals surface area contributed by atoms with Gasteiger partial charge in [0.05, 0.1) is 6.10 Å². The van der Waals surface area contributed by atoms with Crippen LogP contribution in [0, 0.1) is 11.8 Å². The van der Waals surface area contributed by atoms with Crippen LogP contribution in [0.25, 0.3) is 0 Å². The van der Waals surface area contributed by atoms with E-state index in [0.717, 1.165) is 24.0 Å². The van der Waals surface area contributed by atoms with Gasteiger partial charge in [0.2, 0.25) is 0 Å². The highest BCUT2D eigenvalue weighted by molar-refractivity contribution is 5.59. The average Bonchev–Trinajstić information content (AvgIpc) is 3.23. The van der Waals surface area contributed by atoms with E-state index < -0.39 is 0 Å². The molecule has 0 amide bonds. The van der Waals surface area contributed by atoms with Crippen LogP contribution >= 0.6 is 0 Å². The molecule has 2 aromatic rings. The standard InChI is InChI=1S/C23H27NO2/c1-2-9-17(10-3-1)26-18-12-13-21-20(15-18)23-19(11-6-14-25-23)22(24-21)16-7-4-5-8-16/h1-3,9-10,12-13,15-16,19,22-24H,4-8,11,14H2/t19-,22+,23-/m0/s1. The van der Waals surface area contributed by atoms with E-state index in [-0.39, 0.29) is 6.10 Å². The van der Waals surface area contributed by atoms with Gasteiger partial charge in [-0.1, -0.05) is 31.0 Å². The van der Waals surface area contributed by atoms with E-state index in [0.29, 0.717) is 12.0 Å². The second kappa shape index (κ2) is 6.96. The summed E-state index contributed by atoms with van der Waals surface area (Å²) in [6, 6.07) is 17.0. The number of para-hydroxylation sites is 1. The summed E-state index contributed by atoms with van der Waals surface area (Å²) in [5.41, 5.74) is 2.52. The van der Waals surface area contributed by atoms with Crippen molar-refractivity contribution < 1.29 is 9.47 Å². The first kappa shape index (κ1) is 16.2. The van der Waals surface area contributed by atoms with E-state index in [2.05, 4.69) is 23.5 Å². The molecule has 1 saturated carbocycles. The maximum atomic E-state index is 6.31. The first-order chi connectivity index (χ1) is 12.9. The zero-order valence-electron chi connectivity index (χ0n) is 15.2. The maximum absolute atomic E-state index is 6.31. The monoisotopic (exact) mass is 349 g/mol. The third-order valence-corrected chi connectivity index (χ3v) is 6.37. The van der Waals surface area contributed by atoms with Gasteiger partial charge in [0, 0.05) is 29.8 Å². The Hall–Kier alpha value is -2.00. The van der Waals surface area contributed by atoms with Crippen molar-refractivity contribution in [3.05, 3.63) is 54.1 Å². The Labute approximate surface area is 155 Å². The number of ether oxygens (including phenoxy) is 2. The molecule has 1 aliphatic carbocycles. The predicted octanol–water partition coefficient (Wildman–Crippen LogP) is 5.93. The van der Waals surface area contributed by atoms with Crippen molar-refractivity contribution in [2.75, 3.05) is 11.9 Å². The minimum absolute atomic E-state index is 0.213. The molecule has 0 radical (unpaired) electrons. The van der Waals surface area contributed by atoms with Crippen molar-refractivity contribution in [1.29, 1.82) is 0 Å². The van der Waals surface area contributed by atoms with Crippen LogP contribution in [0.15, 0.2) is 48.5 Å². The SMILES string of the molecule is c1ccc(Oc2ccc3c(c2)[C@H]2OCCC[C@H]2[C@@H](C2CCCC2)N3)cc1. The fraction of sp³-hybridized carbons (Fsp3) is 0.478. The summed E-state index contributed by atoms with van der Waals surface area (Å²) < 4.78 is 12.4. The molecule has 26 heavy (non-hydrogen) atoms. The molecule has 1 N–H and O–H groups in total. The van der Waals surface area contributed by atoms with Crippen molar-refractivity contribution in [2.45, 2.75) is 50.7 Å². The van der Waals surface area contributed by atoms with Crippen molar-refractivity contribution in [2.24, 2.45) is 11.8 Å². The third-order valence-electron chi connectivity index (χ3n) is 6.37. The molecule has 136 valence electrons. The lowest BCUT2D eigenvalue weighted by Gasteiger charge is -2.45. The molecule has 3 nitrogen and oxygen atoms in total. The van der Waals surface area contributed by atoms with Gasteiger partial charge in [-0.15, -0.1) is 0 Å². The Morgan fingerprint density at radius 1 is 0.885 bits per heavy atom. The number of fused-ring (bicyclic) bond motifs is 3. The van der Waals surface area contributed by atoms with Gasteiger partial charge in [0.15, 0.2) is 0 Å². The molecule has 1 saturated heterocycles. The van der Waals surface area contributed by atoms with Crippen LogP contribution in [0.3, 0.4) is 0 Å². The molecule has 2 aliphatic heterocycles. The number of anilines is 1. The number of nitrogens with one attached hydrogen (secondary N) is 1. The maximum Gasteiger partial charge on any atom is 0.127 e. The Morgan fingerprint density at radius 3 is 2.58 bits per heavy atom. The molecule has 2 heterocycles. The van der Waals surface area contributed by atoms with Crippen LogP contribution in [-0.4, -0.2) is 12.6 Å². The molecule has 0 spiro atoms. The van der Waals surface area contributed by atoms with Crippen LogP contribution in [0.4, 0.5) is 5.69 Å². The van der Waals surface area contributed by atoms with Crippen LogP contribution < -0.4 is 10.1 Å². The number of hydrogen-bond acceptors (Lipinski definition) is 3. The topological polar surface area (TPSA) is 30.5 Å². The van der Waals surface area contributed by atoms with Gasteiger partial charge >= 0.3 is 0 Å². The zero-order valence-corrected chi connectivity index (χ0v) is 15.2. The fourth-order valence-corrected chi connectivity index (χ4v) is 5.16. The fourth-order valence-electron chi connectivity index (χ4n) is 5.16. The first-order valence-electron chi connectivity index (χ1n) is 10.1. The normalized spacial score (nSPS) is 28.1. The summed E-state index contributed by atoms with van der Waals surface area (Å²) in [5, 5.41) is 3.89. The third kappa shape index (κ3) is 2.99. The number of benzene rings is 2. The first-order valence-corrected chi connectivity index (χ1v) is 10.1. The molecule has 2 fully saturated rings. The lowest BCUT2D eigenvalue weighted by Crippen LogP contribution is -2.44. The highest BCUT2D eigenvalue weighted by Crippen LogP contribution is 2.48. The van der Waals surface area contributed by atoms with Gasteiger partial charge < -0.3 is 14.8 Å². The van der Waals surface area contributed by atoms with Crippen molar-refractivity contribution >= 4 is 5.69 Å². The van der Waals surface area contributed by atoms with Crippen LogP contribution in [0.2, 0.25) is 0 Å². The minimum Gasteiger partial charge on any atom is -0.457 e. The van der Waals surface area contributed by atoms with E-state index in [1.54, 1.807) is 0 Å². The highest BCUT2D eigenvalue weighted by atomic mass is 16.5. The molecule has 0 unspecified atom stereocenters. The van der Waals surface area contributed by atoms with Crippen LogP contribution in [-0.2, 0) is 4.74 Å². The van der Waals surface area contributed by atoms with Crippen LogP contribution in [0.5, 0.6) is 11.5 Å². The largest absolute Gasteiger partial charge is 0.457 e. The zero-order chi connectivity index (χ0) is 17.3. The summed E-state index contributed by atoms with van der Waals surface area (Å²) in [6.45, 7) is 0.877. The second-order valence-corrected chi connectivity index (χ2v) is 7.98. The van der Waals surface area contributed by atoms with E-state index in [1.165, 1.54) is 49.8 Å². The Balaban J connectivity index is 1.45. The van der Waals surface area contributed by atoms with Crippen molar-refractivity contribution in [3.8, 4) is 11.5 Å². The van der Waals surface area contributed by atoms with Gasteiger partial charge in [0.1, 0.15) is 11.5 Å². The van der Waals surface area contributed by atoms with Crippen LogP contribution in [0.1, 0.15) is 50.2 Å². The minimum atomic E-state index is 0.213. The molecular weight excluding hydrogens is 322 g/mol. The molecule has 3 aliphatic rings. The number of hydrogen-bond donors (Lipinski definition) is 1. The van der Waals surface area contributed by atoms with Gasteiger partial charge in [-0.2, -0.15) is 0 Å². The lowest BCUT2D eigenvalue weighted by molar-refractivity contribution is -0.0437. The van der Waals surface area contributed by atoms with E-state index in [4.69, 9.17) is 9.47 Å². The summed E-state index contributed by atoms with van der Waals surface area (Å²) in [7, 11) is 0. The lowest BCUT2D eigenvalue weighted by atomic mass is 9.75. The predicted molar refractivity (Wildman–Crippen MR) is 104 cm³/mol. The van der Waals surface area contributed by atoms with Gasteiger partial charge in [-0.25, -0.2) is 0 Å². The summed E-state index contributed by atoms with van der Waals surface area (Å²) in [6.07, 6.45) is 8.17. The Morgan fingerprint density at radius 2 is 1.73 bits per heavy atom. The van der Waals surface area contributed by atoms with Crippen molar-refractivity contribution in [1.82, 2.24) is 0 Å². The van der Waals surface area contributed by atoms with E-state index in [1.807, 2.05) is 30.3 Å². The second-order valence-electron chi connectivity index (χ2n) is 7.98. The smallest absolute Gasteiger partial charge is 0.127 e. The average molecular weight is 349 g/mol. The molecular formula is C23H27NO2. The van der Waals surface area contributed by atoms with Crippen molar-refractivity contribution in [3.63, 3.8) is 0 Å². The number of rotatable bonds is 3. The molecule has 0 bridgehead atoms. The molecule has 0 aromatic heterocycles. The molecule has 2 aromatic carbocycles. The Kier molecular flexibility index (Phi) is 4.33. The summed E-state index contributed by atoms with van der Waals surface area (Å²) in [5.74, 6) is 3.16. The van der Waals surface area contributed by atoms with E-state index in [9.17, 15) is 0 Å².